The molecule has 0 spiro atoms. The molecule has 0 saturated heterocycles. The Bertz CT molecular complexity index is 1250. The average Bonchev–Trinajstić information content (AvgIpc) is 3.34. The lowest BCUT2D eigenvalue weighted by atomic mass is 10.1. The first-order valence-electron chi connectivity index (χ1n) is 10.7. The minimum absolute atomic E-state index is 0.00105. The fourth-order valence-electron chi connectivity index (χ4n) is 3.50. The first-order valence-corrected chi connectivity index (χ1v) is 10.7. The number of carbonyl (C=O) groups is 1. The van der Waals surface area contributed by atoms with Gasteiger partial charge in [0.2, 0.25) is 6.79 Å². The van der Waals surface area contributed by atoms with E-state index in [0.717, 1.165) is 11.1 Å². The Kier molecular flexibility index (Phi) is 6.99. The number of benzene rings is 3. The number of nitriles is 1. The van der Waals surface area contributed by atoms with Gasteiger partial charge in [-0.3, -0.25) is 4.79 Å². The molecule has 172 valence electrons. The molecule has 1 aliphatic rings. The third-order valence-electron chi connectivity index (χ3n) is 5.34. The zero-order valence-corrected chi connectivity index (χ0v) is 18.9. The molecule has 3 aromatic rings. The highest BCUT2D eigenvalue weighted by atomic mass is 16.7. The number of nitrogens with zero attached hydrogens (tertiary/aromatic N) is 1. The predicted octanol–water partition coefficient (Wildman–Crippen LogP) is 4.79. The maximum absolute atomic E-state index is 12.6. The van der Waals surface area contributed by atoms with Crippen LogP contribution in [0.15, 0.2) is 72.3 Å². The number of rotatable bonds is 8. The molecule has 0 aliphatic carbocycles. The van der Waals surface area contributed by atoms with Crippen molar-refractivity contribution in [3.63, 3.8) is 0 Å². The van der Waals surface area contributed by atoms with Crippen LogP contribution in [-0.2, 0) is 11.4 Å². The zero-order valence-electron chi connectivity index (χ0n) is 18.9. The van der Waals surface area contributed by atoms with Crippen LogP contribution in [0.25, 0.3) is 6.08 Å². The summed E-state index contributed by atoms with van der Waals surface area (Å²) < 4.78 is 22.1. The second-order valence-corrected chi connectivity index (χ2v) is 7.66. The third kappa shape index (κ3) is 5.30. The Balaban J connectivity index is 1.45. The van der Waals surface area contributed by atoms with E-state index in [2.05, 4.69) is 5.32 Å². The van der Waals surface area contributed by atoms with Crippen molar-refractivity contribution in [2.45, 2.75) is 19.6 Å². The van der Waals surface area contributed by atoms with Crippen LogP contribution in [0.4, 0.5) is 0 Å². The van der Waals surface area contributed by atoms with Gasteiger partial charge in [-0.05, 0) is 54.0 Å². The van der Waals surface area contributed by atoms with Gasteiger partial charge in [0.15, 0.2) is 23.0 Å². The minimum Gasteiger partial charge on any atom is -0.493 e. The summed E-state index contributed by atoms with van der Waals surface area (Å²) in [6, 6.07) is 22.2. The normalized spacial score (nSPS) is 13.0. The number of methoxy groups -OCH3 is 1. The molecule has 0 aromatic heterocycles. The van der Waals surface area contributed by atoms with Crippen LogP contribution in [0.1, 0.15) is 29.7 Å². The van der Waals surface area contributed by atoms with Crippen LogP contribution < -0.4 is 24.3 Å². The molecule has 1 amide bonds. The Labute approximate surface area is 198 Å². The van der Waals surface area contributed by atoms with Crippen molar-refractivity contribution in [3.8, 4) is 29.1 Å². The second-order valence-electron chi connectivity index (χ2n) is 7.66. The Morgan fingerprint density at radius 3 is 2.65 bits per heavy atom. The standard InChI is InChI=1S/C27H24N2O5/c1-18(21-6-4-3-5-7-21)29-27(30)22(15-28)12-19-8-10-23(25(13-19)31-2)32-16-20-9-11-24-26(14-20)34-17-33-24/h3-14,18H,16-17H2,1-2H3,(H,29,30)/b22-12+/t18-/m0/s1. The van der Waals surface area contributed by atoms with Crippen LogP contribution in [0, 0.1) is 11.3 Å². The molecule has 0 saturated carbocycles. The summed E-state index contributed by atoms with van der Waals surface area (Å²) in [7, 11) is 1.54. The van der Waals surface area contributed by atoms with Crippen molar-refractivity contribution < 1.29 is 23.7 Å². The van der Waals surface area contributed by atoms with E-state index in [0.29, 0.717) is 35.2 Å². The third-order valence-corrected chi connectivity index (χ3v) is 5.34. The molecule has 4 rings (SSSR count). The Morgan fingerprint density at radius 1 is 1.09 bits per heavy atom. The first kappa shape index (κ1) is 22.7. The van der Waals surface area contributed by atoms with E-state index in [1.165, 1.54) is 13.2 Å². The molecule has 0 unspecified atom stereocenters. The zero-order chi connectivity index (χ0) is 23.9. The summed E-state index contributed by atoms with van der Waals surface area (Å²) in [6.45, 7) is 2.40. The topological polar surface area (TPSA) is 89.8 Å². The van der Waals surface area contributed by atoms with E-state index in [4.69, 9.17) is 18.9 Å². The lowest BCUT2D eigenvalue weighted by Crippen LogP contribution is -2.27. The molecule has 34 heavy (non-hydrogen) atoms. The largest absolute Gasteiger partial charge is 0.493 e. The van der Waals surface area contributed by atoms with Gasteiger partial charge in [0.1, 0.15) is 18.2 Å². The molecule has 0 radical (unpaired) electrons. The summed E-state index contributed by atoms with van der Waals surface area (Å²) in [4.78, 5) is 12.6. The molecule has 1 aliphatic heterocycles. The van der Waals surface area contributed by atoms with Crippen LogP contribution in [0.2, 0.25) is 0 Å². The fourth-order valence-corrected chi connectivity index (χ4v) is 3.50. The lowest BCUT2D eigenvalue weighted by molar-refractivity contribution is -0.117. The minimum atomic E-state index is -0.444. The number of hydrogen-bond donors (Lipinski definition) is 1. The van der Waals surface area contributed by atoms with Crippen molar-refractivity contribution in [3.05, 3.63) is 89.0 Å². The van der Waals surface area contributed by atoms with E-state index >= 15 is 0 Å². The maximum atomic E-state index is 12.6. The van der Waals surface area contributed by atoms with Gasteiger partial charge in [-0.1, -0.05) is 42.5 Å². The highest BCUT2D eigenvalue weighted by molar-refractivity contribution is 6.01. The summed E-state index contributed by atoms with van der Waals surface area (Å²) in [5.41, 5.74) is 2.52. The van der Waals surface area contributed by atoms with Crippen LogP contribution in [0.5, 0.6) is 23.0 Å². The monoisotopic (exact) mass is 456 g/mol. The summed E-state index contributed by atoms with van der Waals surface area (Å²) >= 11 is 0. The smallest absolute Gasteiger partial charge is 0.262 e. The number of amides is 1. The van der Waals surface area contributed by atoms with Crippen LogP contribution >= 0.6 is 0 Å². The molecule has 1 N–H and O–H groups in total. The highest BCUT2D eigenvalue weighted by Gasteiger charge is 2.16. The van der Waals surface area contributed by atoms with Gasteiger partial charge >= 0.3 is 0 Å². The average molecular weight is 456 g/mol. The van der Waals surface area contributed by atoms with Gasteiger partial charge in [0.25, 0.3) is 5.91 Å². The second kappa shape index (κ2) is 10.5. The number of fused-ring (bicyclic) bond motifs is 1. The van der Waals surface area contributed by atoms with E-state index in [9.17, 15) is 10.1 Å². The lowest BCUT2D eigenvalue weighted by Gasteiger charge is -2.14. The van der Waals surface area contributed by atoms with Gasteiger partial charge in [-0.25, -0.2) is 0 Å². The van der Waals surface area contributed by atoms with E-state index < -0.39 is 5.91 Å². The van der Waals surface area contributed by atoms with Crippen molar-refractivity contribution in [2.75, 3.05) is 13.9 Å². The molecule has 0 bridgehead atoms. The van der Waals surface area contributed by atoms with Crippen LogP contribution in [-0.4, -0.2) is 19.8 Å². The summed E-state index contributed by atoms with van der Waals surface area (Å²) in [6.07, 6.45) is 1.52. The van der Waals surface area contributed by atoms with Crippen LogP contribution in [0.3, 0.4) is 0 Å². The number of nitrogens with one attached hydrogen (secondary N) is 1. The van der Waals surface area contributed by atoms with E-state index in [1.54, 1.807) is 18.2 Å². The highest BCUT2D eigenvalue weighted by Crippen LogP contribution is 2.34. The summed E-state index contributed by atoms with van der Waals surface area (Å²) in [5, 5.41) is 12.4. The van der Waals surface area contributed by atoms with E-state index in [-0.39, 0.29) is 18.4 Å². The molecule has 1 atom stereocenters. The Morgan fingerprint density at radius 2 is 1.88 bits per heavy atom. The van der Waals surface area contributed by atoms with Gasteiger partial charge in [0, 0.05) is 0 Å². The molecule has 3 aromatic carbocycles. The SMILES string of the molecule is COc1cc(/C=C(\C#N)C(=O)N[C@@H](C)c2ccccc2)ccc1OCc1ccc2c(c1)OCO2. The van der Waals surface area contributed by atoms with Gasteiger partial charge in [0.05, 0.1) is 13.2 Å². The Hall–Kier alpha value is -4.44. The van der Waals surface area contributed by atoms with Crippen molar-refractivity contribution in [1.29, 1.82) is 5.26 Å². The molecule has 1 heterocycles. The predicted molar refractivity (Wildman–Crippen MR) is 126 cm³/mol. The molecular formula is C27H24N2O5. The summed E-state index contributed by atoms with van der Waals surface area (Å²) in [5.74, 6) is 1.99. The van der Waals surface area contributed by atoms with Gasteiger partial charge in [-0.2, -0.15) is 5.26 Å². The van der Waals surface area contributed by atoms with E-state index in [1.807, 2.05) is 61.5 Å². The number of carbonyl (C=O) groups excluding carboxylic acids is 1. The molecule has 7 heteroatoms. The van der Waals surface area contributed by atoms with Crippen molar-refractivity contribution in [2.24, 2.45) is 0 Å². The quantitative estimate of drug-likeness (QED) is 0.387. The fraction of sp³-hybridized carbons (Fsp3) is 0.185. The van der Waals surface area contributed by atoms with Crippen molar-refractivity contribution >= 4 is 12.0 Å². The van der Waals surface area contributed by atoms with Crippen molar-refractivity contribution in [1.82, 2.24) is 5.32 Å². The molecular weight excluding hydrogens is 432 g/mol. The first-order chi connectivity index (χ1) is 16.6. The number of hydrogen-bond acceptors (Lipinski definition) is 6. The molecule has 0 fully saturated rings. The maximum Gasteiger partial charge on any atom is 0.262 e. The number of ether oxygens (including phenoxy) is 4. The molecule has 7 nitrogen and oxygen atoms in total. The van der Waals surface area contributed by atoms with Gasteiger partial charge < -0.3 is 24.3 Å². The van der Waals surface area contributed by atoms with Gasteiger partial charge in [-0.15, -0.1) is 0 Å².